The first-order chi connectivity index (χ1) is 22.6. The van der Waals surface area contributed by atoms with Crippen molar-refractivity contribution in [2.24, 2.45) is 0 Å². The molecule has 1 saturated heterocycles. The van der Waals surface area contributed by atoms with Gasteiger partial charge in [-0.1, -0.05) is 26.0 Å². The molecule has 1 unspecified atom stereocenters. The van der Waals surface area contributed by atoms with E-state index in [2.05, 4.69) is 48.6 Å². The zero-order valence-electron chi connectivity index (χ0n) is 29.4. The zero-order chi connectivity index (χ0) is 34.4. The lowest BCUT2D eigenvalue weighted by atomic mass is 10.0. The van der Waals surface area contributed by atoms with Crippen molar-refractivity contribution in [3.63, 3.8) is 0 Å². The Morgan fingerprint density at radius 3 is 2.42 bits per heavy atom. The summed E-state index contributed by atoms with van der Waals surface area (Å²) in [6.07, 6.45) is 7.76. The summed E-state index contributed by atoms with van der Waals surface area (Å²) in [6, 6.07) is 7.07. The highest BCUT2D eigenvalue weighted by Crippen LogP contribution is 2.46. The number of aromatic nitrogens is 6. The Bertz CT molecular complexity index is 1750. The van der Waals surface area contributed by atoms with Crippen molar-refractivity contribution >= 4 is 19.9 Å². The van der Waals surface area contributed by atoms with Gasteiger partial charge < -0.3 is 18.8 Å². The Labute approximate surface area is 282 Å². The van der Waals surface area contributed by atoms with Gasteiger partial charge in [-0.3, -0.25) is 4.98 Å². The van der Waals surface area contributed by atoms with Crippen molar-refractivity contribution in [1.29, 1.82) is 0 Å². The molecule has 4 aromatic heterocycles. The Morgan fingerprint density at radius 1 is 1.06 bits per heavy atom. The second kappa shape index (κ2) is 12.9. The van der Waals surface area contributed by atoms with Crippen LogP contribution < -0.4 is 4.74 Å². The van der Waals surface area contributed by atoms with Crippen molar-refractivity contribution in [2.75, 3.05) is 19.7 Å². The maximum absolute atomic E-state index is 13.9. The maximum Gasteiger partial charge on any atom is 0.410 e. The lowest BCUT2D eigenvalue weighted by molar-refractivity contribution is 0.0183. The summed E-state index contributed by atoms with van der Waals surface area (Å²) < 4.78 is 36.7. The van der Waals surface area contributed by atoms with E-state index in [1.807, 2.05) is 39.1 Å². The summed E-state index contributed by atoms with van der Waals surface area (Å²) >= 11 is 0. The van der Waals surface area contributed by atoms with Crippen LogP contribution in [0.2, 0.25) is 18.1 Å². The zero-order valence-corrected chi connectivity index (χ0v) is 30.4. The van der Waals surface area contributed by atoms with E-state index in [-0.39, 0.29) is 23.8 Å². The number of piperidine rings is 1. The quantitative estimate of drug-likeness (QED) is 0.166. The van der Waals surface area contributed by atoms with Crippen LogP contribution in [-0.4, -0.2) is 74.2 Å². The fourth-order valence-corrected chi connectivity index (χ4v) is 6.77. The number of likely N-dealkylation sites (tertiary alicyclic amines) is 1. The van der Waals surface area contributed by atoms with Crippen LogP contribution in [0.25, 0.3) is 16.8 Å². The van der Waals surface area contributed by atoms with Gasteiger partial charge in [-0.2, -0.15) is 5.10 Å². The van der Waals surface area contributed by atoms with Gasteiger partial charge in [0.25, 0.3) is 0 Å². The lowest BCUT2D eigenvalue weighted by Crippen LogP contribution is -2.42. The molecule has 5 heterocycles. The fraction of sp³-hybridized carbons (Fsp3) is 0.571. The Morgan fingerprint density at radius 2 is 1.79 bits per heavy atom. The van der Waals surface area contributed by atoms with Crippen LogP contribution in [0, 0.1) is 5.82 Å². The van der Waals surface area contributed by atoms with Gasteiger partial charge in [0.05, 0.1) is 36.4 Å². The second-order valence-corrected chi connectivity index (χ2v) is 20.4. The van der Waals surface area contributed by atoms with E-state index in [1.54, 1.807) is 21.7 Å². The third-order valence-corrected chi connectivity index (χ3v) is 14.2. The largest absolute Gasteiger partial charge is 0.479 e. The predicted molar refractivity (Wildman–Crippen MR) is 183 cm³/mol. The van der Waals surface area contributed by atoms with Crippen molar-refractivity contribution in [3.05, 3.63) is 60.1 Å². The molecule has 4 aromatic rings. The van der Waals surface area contributed by atoms with Crippen LogP contribution in [0.15, 0.2) is 42.9 Å². The minimum Gasteiger partial charge on any atom is -0.479 e. The van der Waals surface area contributed by atoms with Gasteiger partial charge in [0.1, 0.15) is 28.4 Å². The van der Waals surface area contributed by atoms with E-state index < -0.39 is 25.8 Å². The van der Waals surface area contributed by atoms with Crippen LogP contribution in [0.1, 0.15) is 96.7 Å². The van der Waals surface area contributed by atoms with E-state index in [9.17, 15) is 9.18 Å². The molecule has 1 atom stereocenters. The summed E-state index contributed by atoms with van der Waals surface area (Å²) in [6.45, 7) is 18.1. The smallest absolute Gasteiger partial charge is 0.410 e. The van der Waals surface area contributed by atoms with E-state index >= 15 is 0 Å². The maximum atomic E-state index is 13.9. The SMILES string of the molecule is CC(C)(C)OC(=O)N1CCC(n2nnc(-c3cc(OC(CO[Si](C)(C)C(C)(C)C)c4ccc(F)cn4)c4ccnn4c3)c2C2CC2)CC1. The molecule has 1 aliphatic heterocycles. The number of carbonyl (C=O) groups excluding carboxylic acids is 1. The van der Waals surface area contributed by atoms with E-state index in [0.29, 0.717) is 30.5 Å². The van der Waals surface area contributed by atoms with Crippen LogP contribution in [0.5, 0.6) is 5.75 Å². The molecule has 48 heavy (non-hydrogen) atoms. The van der Waals surface area contributed by atoms with Gasteiger partial charge in [0, 0.05) is 30.8 Å². The van der Waals surface area contributed by atoms with E-state index in [0.717, 1.165) is 48.2 Å². The molecular formula is C35H48FN7O4Si. The first kappa shape index (κ1) is 34.0. The highest BCUT2D eigenvalue weighted by Gasteiger charge is 2.39. The number of pyridine rings is 2. The first-order valence-corrected chi connectivity index (χ1v) is 19.8. The molecule has 0 N–H and O–H groups in total. The first-order valence-electron chi connectivity index (χ1n) is 16.9. The molecule has 11 nitrogen and oxygen atoms in total. The minimum absolute atomic E-state index is 0.00377. The molecule has 2 aliphatic rings. The van der Waals surface area contributed by atoms with Crippen molar-refractivity contribution < 1.29 is 23.1 Å². The summed E-state index contributed by atoms with van der Waals surface area (Å²) in [5.41, 5.74) is 3.61. The average molecular weight is 678 g/mol. The lowest BCUT2D eigenvalue weighted by Gasteiger charge is -2.37. The molecule has 0 spiro atoms. The van der Waals surface area contributed by atoms with E-state index in [4.69, 9.17) is 24.2 Å². The molecule has 13 heteroatoms. The molecule has 1 saturated carbocycles. The number of ether oxygens (including phenoxy) is 2. The number of halogens is 1. The summed E-state index contributed by atoms with van der Waals surface area (Å²) in [4.78, 5) is 18.8. The number of fused-ring (bicyclic) bond motifs is 1. The highest BCUT2D eigenvalue weighted by molar-refractivity contribution is 6.74. The number of hydrogen-bond donors (Lipinski definition) is 0. The number of carbonyl (C=O) groups is 1. The molecule has 0 bridgehead atoms. The standard InChI is InChI=1S/C35H48FN7O4Si/c1-34(2,3)47-33(44)41-17-14-26(15-18-41)43-32(23-9-10-23)31(39-40-43)24-19-29(28-13-16-38-42(28)21-24)46-30(27-12-11-25(36)20-37-27)22-45-48(7,8)35(4,5)6/h11-13,16,19-21,23,26,30H,9-10,14-15,17-18,22H2,1-8H3. The summed E-state index contributed by atoms with van der Waals surface area (Å²) in [5.74, 6) is 0.557. The summed E-state index contributed by atoms with van der Waals surface area (Å²) in [5, 5.41) is 14.0. The van der Waals surface area contributed by atoms with Crippen LogP contribution in [0.4, 0.5) is 9.18 Å². The molecule has 0 aromatic carbocycles. The molecule has 1 amide bonds. The molecule has 0 radical (unpaired) electrons. The van der Waals surface area contributed by atoms with Crippen molar-refractivity contribution in [3.8, 4) is 17.0 Å². The number of rotatable bonds is 9. The van der Waals surface area contributed by atoms with Crippen molar-refractivity contribution in [2.45, 2.75) is 109 Å². The van der Waals surface area contributed by atoms with Gasteiger partial charge in [0.2, 0.25) is 0 Å². The van der Waals surface area contributed by atoms with Crippen LogP contribution in [-0.2, 0) is 9.16 Å². The normalized spacial score (nSPS) is 17.1. The Hall–Kier alpha value is -3.84. The topological polar surface area (TPSA) is 109 Å². The average Bonchev–Trinajstić information content (AvgIpc) is 3.56. The monoisotopic (exact) mass is 677 g/mol. The van der Waals surface area contributed by atoms with Crippen molar-refractivity contribution in [1.82, 2.24) is 34.5 Å². The molecule has 1 aliphatic carbocycles. The number of nitrogens with zero attached hydrogens (tertiary/aromatic N) is 7. The predicted octanol–water partition coefficient (Wildman–Crippen LogP) is 7.72. The third-order valence-electron chi connectivity index (χ3n) is 9.65. The fourth-order valence-electron chi connectivity index (χ4n) is 5.76. The molecular weight excluding hydrogens is 630 g/mol. The van der Waals surface area contributed by atoms with Crippen LogP contribution >= 0.6 is 0 Å². The third kappa shape index (κ3) is 7.41. The van der Waals surface area contributed by atoms with Crippen LogP contribution in [0.3, 0.4) is 0 Å². The number of hydrogen-bond acceptors (Lipinski definition) is 8. The molecule has 6 rings (SSSR count). The molecule has 258 valence electrons. The second-order valence-electron chi connectivity index (χ2n) is 15.6. The van der Waals surface area contributed by atoms with Gasteiger partial charge in [-0.25, -0.2) is 18.4 Å². The highest BCUT2D eigenvalue weighted by atomic mass is 28.4. The van der Waals surface area contributed by atoms with Gasteiger partial charge in [-0.15, -0.1) is 5.10 Å². The molecule has 2 fully saturated rings. The van der Waals surface area contributed by atoms with Gasteiger partial charge in [-0.05, 0) is 88.9 Å². The summed E-state index contributed by atoms with van der Waals surface area (Å²) in [7, 11) is -2.13. The Kier molecular flexibility index (Phi) is 9.14. The van der Waals surface area contributed by atoms with Gasteiger partial charge in [0.15, 0.2) is 14.4 Å². The Balaban J connectivity index is 1.29. The van der Waals surface area contributed by atoms with E-state index in [1.165, 1.54) is 12.3 Å². The van der Waals surface area contributed by atoms with Gasteiger partial charge >= 0.3 is 6.09 Å². The number of amides is 1. The minimum atomic E-state index is -2.13.